The fraction of sp³-hybridized carbons (Fsp3) is 0.238. The maximum absolute atomic E-state index is 13.0. The van der Waals surface area contributed by atoms with Gasteiger partial charge in [-0.25, -0.2) is 4.39 Å². The highest BCUT2D eigenvalue weighted by molar-refractivity contribution is 5.77. The lowest BCUT2D eigenvalue weighted by atomic mass is 10.0. The van der Waals surface area contributed by atoms with Crippen LogP contribution < -0.4 is 5.32 Å². The molecule has 0 aliphatic carbocycles. The van der Waals surface area contributed by atoms with E-state index in [0.717, 1.165) is 5.56 Å². The van der Waals surface area contributed by atoms with Crippen LogP contribution in [0, 0.1) is 5.82 Å². The number of aromatic nitrogens is 1. The molecule has 2 aromatic carbocycles. The fourth-order valence-electron chi connectivity index (χ4n) is 2.60. The van der Waals surface area contributed by atoms with E-state index in [1.807, 2.05) is 30.3 Å². The second-order valence-electron chi connectivity index (χ2n) is 6.30. The average molecular weight is 368 g/mol. The van der Waals surface area contributed by atoms with Crippen LogP contribution in [0.4, 0.5) is 4.39 Å². The molecule has 0 saturated carbocycles. The maximum atomic E-state index is 13.0. The van der Waals surface area contributed by atoms with Crippen molar-refractivity contribution in [3.8, 4) is 11.3 Å². The third-order valence-electron chi connectivity index (χ3n) is 4.14. The predicted octanol–water partition coefficient (Wildman–Crippen LogP) is 3.92. The first kappa shape index (κ1) is 18.8. The molecule has 5 nitrogen and oxygen atoms in total. The van der Waals surface area contributed by atoms with Crippen LogP contribution in [0.5, 0.6) is 0 Å². The Kier molecular flexibility index (Phi) is 6.33. The standard InChI is InChI=1S/C21H21FN2O3/c1-15(16-5-3-2-4-6-16)12-23-21(25)14-26-13-19-11-20(27-24-19)17-7-9-18(22)10-8-17/h2-11,15H,12-14H2,1H3,(H,23,25)/t15-/m1/s1. The zero-order chi connectivity index (χ0) is 19.1. The molecule has 1 atom stereocenters. The Bertz CT molecular complexity index is 863. The van der Waals surface area contributed by atoms with Crippen LogP contribution in [0.2, 0.25) is 0 Å². The van der Waals surface area contributed by atoms with Gasteiger partial charge in [0.1, 0.15) is 18.1 Å². The molecule has 0 saturated heterocycles. The summed E-state index contributed by atoms with van der Waals surface area (Å²) in [5.74, 6) is 0.258. The van der Waals surface area contributed by atoms with Crippen LogP contribution in [0.3, 0.4) is 0 Å². The second kappa shape index (κ2) is 9.09. The monoisotopic (exact) mass is 368 g/mol. The van der Waals surface area contributed by atoms with E-state index < -0.39 is 0 Å². The van der Waals surface area contributed by atoms with Gasteiger partial charge in [-0.3, -0.25) is 4.79 Å². The predicted molar refractivity (Wildman–Crippen MR) is 99.4 cm³/mol. The van der Waals surface area contributed by atoms with Crippen molar-refractivity contribution in [3.63, 3.8) is 0 Å². The van der Waals surface area contributed by atoms with Crippen molar-refractivity contribution in [2.75, 3.05) is 13.2 Å². The fourth-order valence-corrected chi connectivity index (χ4v) is 2.60. The molecule has 1 N–H and O–H groups in total. The number of amides is 1. The minimum absolute atomic E-state index is 0.0553. The Labute approximate surface area is 157 Å². The highest BCUT2D eigenvalue weighted by Gasteiger charge is 2.10. The van der Waals surface area contributed by atoms with Gasteiger partial charge in [-0.15, -0.1) is 0 Å². The number of carbonyl (C=O) groups excluding carboxylic acids is 1. The average Bonchev–Trinajstić information content (AvgIpc) is 3.16. The molecule has 0 aliphatic heterocycles. The third-order valence-corrected chi connectivity index (χ3v) is 4.14. The summed E-state index contributed by atoms with van der Waals surface area (Å²) < 4.78 is 23.6. The van der Waals surface area contributed by atoms with Gasteiger partial charge < -0.3 is 14.6 Å². The first-order valence-corrected chi connectivity index (χ1v) is 8.73. The zero-order valence-electron chi connectivity index (χ0n) is 15.0. The number of carbonyl (C=O) groups is 1. The molecule has 3 rings (SSSR count). The van der Waals surface area contributed by atoms with E-state index in [9.17, 15) is 9.18 Å². The number of hydrogen-bond acceptors (Lipinski definition) is 4. The van der Waals surface area contributed by atoms with E-state index in [1.165, 1.54) is 17.7 Å². The molecule has 0 unspecified atom stereocenters. The van der Waals surface area contributed by atoms with Crippen molar-refractivity contribution in [2.45, 2.75) is 19.4 Å². The van der Waals surface area contributed by atoms with Gasteiger partial charge in [0.25, 0.3) is 0 Å². The molecule has 27 heavy (non-hydrogen) atoms. The Morgan fingerprint density at radius 1 is 1.19 bits per heavy atom. The van der Waals surface area contributed by atoms with Crippen LogP contribution in [0.25, 0.3) is 11.3 Å². The molecule has 0 aliphatic rings. The van der Waals surface area contributed by atoms with Gasteiger partial charge in [-0.1, -0.05) is 42.4 Å². The highest BCUT2D eigenvalue weighted by atomic mass is 19.1. The minimum Gasteiger partial charge on any atom is -0.365 e. The van der Waals surface area contributed by atoms with Gasteiger partial charge >= 0.3 is 0 Å². The zero-order valence-corrected chi connectivity index (χ0v) is 15.0. The van der Waals surface area contributed by atoms with E-state index >= 15 is 0 Å². The van der Waals surface area contributed by atoms with Crippen molar-refractivity contribution in [3.05, 3.63) is 77.7 Å². The van der Waals surface area contributed by atoms with Gasteiger partial charge in [0.2, 0.25) is 5.91 Å². The minimum atomic E-state index is -0.311. The molecule has 6 heteroatoms. The van der Waals surface area contributed by atoms with Gasteiger partial charge in [0.15, 0.2) is 5.76 Å². The lowest BCUT2D eigenvalue weighted by Crippen LogP contribution is -2.30. The van der Waals surface area contributed by atoms with E-state index in [1.54, 1.807) is 18.2 Å². The summed E-state index contributed by atoms with van der Waals surface area (Å²) in [7, 11) is 0. The van der Waals surface area contributed by atoms with Crippen LogP contribution in [0.1, 0.15) is 24.1 Å². The lowest BCUT2D eigenvalue weighted by Gasteiger charge is -2.13. The molecule has 1 aromatic heterocycles. The first-order chi connectivity index (χ1) is 13.1. The van der Waals surface area contributed by atoms with Crippen LogP contribution in [0.15, 0.2) is 65.2 Å². The molecule has 140 valence electrons. The second-order valence-corrected chi connectivity index (χ2v) is 6.30. The van der Waals surface area contributed by atoms with Crippen LogP contribution in [-0.2, 0) is 16.1 Å². The normalized spacial score (nSPS) is 11.9. The number of hydrogen-bond donors (Lipinski definition) is 1. The SMILES string of the molecule is C[C@H](CNC(=O)COCc1cc(-c2ccc(F)cc2)on1)c1ccccc1. The quantitative estimate of drug-likeness (QED) is 0.655. The highest BCUT2D eigenvalue weighted by Crippen LogP contribution is 2.20. The van der Waals surface area contributed by atoms with Crippen molar-refractivity contribution in [2.24, 2.45) is 0 Å². The number of nitrogens with zero attached hydrogens (tertiary/aromatic N) is 1. The number of rotatable bonds is 8. The van der Waals surface area contributed by atoms with E-state index in [0.29, 0.717) is 18.0 Å². The Morgan fingerprint density at radius 3 is 2.67 bits per heavy atom. The molecule has 3 aromatic rings. The molecule has 1 heterocycles. The van der Waals surface area contributed by atoms with E-state index in [2.05, 4.69) is 17.4 Å². The molecule has 0 fully saturated rings. The summed E-state index contributed by atoms with van der Waals surface area (Å²) in [5.41, 5.74) is 2.47. The van der Waals surface area contributed by atoms with Crippen molar-refractivity contribution >= 4 is 5.91 Å². The smallest absolute Gasteiger partial charge is 0.246 e. The molecule has 0 bridgehead atoms. The Morgan fingerprint density at radius 2 is 1.93 bits per heavy atom. The van der Waals surface area contributed by atoms with E-state index in [-0.39, 0.29) is 30.9 Å². The van der Waals surface area contributed by atoms with Gasteiger partial charge in [0.05, 0.1) is 6.61 Å². The van der Waals surface area contributed by atoms with Crippen molar-refractivity contribution in [1.82, 2.24) is 10.5 Å². The number of halogens is 1. The molecule has 0 radical (unpaired) electrons. The summed E-state index contributed by atoms with van der Waals surface area (Å²) in [4.78, 5) is 11.9. The van der Waals surface area contributed by atoms with Crippen LogP contribution >= 0.6 is 0 Å². The Hall–Kier alpha value is -2.99. The van der Waals surface area contributed by atoms with Crippen LogP contribution in [-0.4, -0.2) is 24.2 Å². The largest absolute Gasteiger partial charge is 0.365 e. The van der Waals surface area contributed by atoms with Crippen molar-refractivity contribution in [1.29, 1.82) is 0 Å². The number of ether oxygens (including phenoxy) is 1. The number of benzene rings is 2. The molecule has 1 amide bonds. The van der Waals surface area contributed by atoms with Gasteiger partial charge in [-0.05, 0) is 35.7 Å². The number of nitrogens with one attached hydrogen (secondary N) is 1. The summed E-state index contributed by atoms with van der Waals surface area (Å²) in [5, 5.41) is 6.76. The molecular weight excluding hydrogens is 347 g/mol. The summed E-state index contributed by atoms with van der Waals surface area (Å²) in [6.07, 6.45) is 0. The van der Waals surface area contributed by atoms with Gasteiger partial charge in [-0.2, -0.15) is 0 Å². The summed E-state index contributed by atoms with van der Waals surface area (Å²) in [6, 6.07) is 17.7. The topological polar surface area (TPSA) is 64.4 Å². The Balaban J connectivity index is 1.40. The van der Waals surface area contributed by atoms with Crippen molar-refractivity contribution < 1.29 is 18.4 Å². The van der Waals surface area contributed by atoms with E-state index in [4.69, 9.17) is 9.26 Å². The lowest BCUT2D eigenvalue weighted by molar-refractivity contribution is -0.126. The summed E-state index contributed by atoms with van der Waals surface area (Å²) in [6.45, 7) is 2.71. The molecule has 0 spiro atoms. The van der Waals surface area contributed by atoms with Gasteiger partial charge in [0, 0.05) is 18.2 Å². The third kappa shape index (κ3) is 5.49. The maximum Gasteiger partial charge on any atom is 0.246 e. The first-order valence-electron chi connectivity index (χ1n) is 8.73. The molecular formula is C21H21FN2O3. The summed E-state index contributed by atoms with van der Waals surface area (Å²) >= 11 is 0.